The van der Waals surface area contributed by atoms with Crippen LogP contribution in [0.4, 0.5) is 0 Å². The normalized spacial score (nSPS) is 19.1. The van der Waals surface area contributed by atoms with E-state index in [4.69, 9.17) is 16.0 Å². The number of para-hydroxylation sites is 1. The topological polar surface area (TPSA) is 62.6 Å². The smallest absolute Gasteiger partial charge is 0.287 e. The van der Waals surface area contributed by atoms with Crippen LogP contribution >= 0.6 is 11.6 Å². The van der Waals surface area contributed by atoms with Gasteiger partial charge in [-0.1, -0.05) is 43.0 Å². The molecule has 0 bridgehead atoms. The Morgan fingerprint density at radius 3 is 2.50 bits per heavy atom. The van der Waals surface area contributed by atoms with Gasteiger partial charge in [-0.3, -0.25) is 9.59 Å². The number of nitrogens with one attached hydrogen (secondary N) is 1. The van der Waals surface area contributed by atoms with Gasteiger partial charge in [0.05, 0.1) is 5.02 Å². The Labute approximate surface area is 170 Å². The fourth-order valence-corrected chi connectivity index (χ4v) is 4.74. The first-order valence-electron chi connectivity index (χ1n) is 10.3. The maximum atomic E-state index is 12.7. The maximum absolute atomic E-state index is 12.7. The molecule has 1 aromatic heterocycles. The van der Waals surface area contributed by atoms with Gasteiger partial charge in [0, 0.05) is 36.0 Å². The van der Waals surface area contributed by atoms with Gasteiger partial charge in [0.15, 0.2) is 11.3 Å². The van der Waals surface area contributed by atoms with Crippen LogP contribution in [-0.4, -0.2) is 35.8 Å². The molecule has 5 nitrogen and oxygen atoms in total. The minimum atomic E-state index is -0.207. The quantitative estimate of drug-likeness (QED) is 0.809. The van der Waals surface area contributed by atoms with Gasteiger partial charge < -0.3 is 14.6 Å². The van der Waals surface area contributed by atoms with E-state index >= 15 is 0 Å². The number of benzene rings is 1. The van der Waals surface area contributed by atoms with Gasteiger partial charge in [0.25, 0.3) is 5.91 Å². The van der Waals surface area contributed by atoms with E-state index in [1.165, 1.54) is 19.3 Å². The molecule has 0 spiro atoms. The SMILES string of the molecule is Cc1c(C(=O)NC2CCN(C(=O)C3CCCCC3)CC2)oc2c(Cl)cccc12. The standard InChI is InChI=1S/C22H27ClN2O3/c1-14-17-8-5-9-18(23)20(17)28-19(14)21(26)24-16-10-12-25(13-11-16)22(27)15-6-3-2-4-7-15/h5,8-9,15-16H,2-4,6-7,10-13H2,1H3,(H,24,26). The number of nitrogens with zero attached hydrogens (tertiary/aromatic N) is 1. The summed E-state index contributed by atoms with van der Waals surface area (Å²) in [5.41, 5.74) is 1.36. The molecule has 4 rings (SSSR count). The van der Waals surface area contributed by atoms with Crippen molar-refractivity contribution in [2.24, 2.45) is 5.92 Å². The van der Waals surface area contributed by atoms with Gasteiger partial charge in [-0.15, -0.1) is 0 Å². The third-order valence-electron chi connectivity index (χ3n) is 6.22. The van der Waals surface area contributed by atoms with Gasteiger partial charge in [0.2, 0.25) is 5.91 Å². The number of fused-ring (bicyclic) bond motifs is 1. The van der Waals surface area contributed by atoms with Crippen LogP contribution in [0.1, 0.15) is 61.1 Å². The van der Waals surface area contributed by atoms with Gasteiger partial charge in [-0.25, -0.2) is 0 Å². The molecule has 28 heavy (non-hydrogen) atoms. The van der Waals surface area contributed by atoms with Crippen molar-refractivity contribution in [2.45, 2.75) is 57.9 Å². The molecule has 1 saturated carbocycles. The highest BCUT2D eigenvalue weighted by Gasteiger charge is 2.30. The summed E-state index contributed by atoms with van der Waals surface area (Å²) in [6, 6.07) is 5.58. The summed E-state index contributed by atoms with van der Waals surface area (Å²) in [7, 11) is 0. The van der Waals surface area contributed by atoms with Gasteiger partial charge >= 0.3 is 0 Å². The van der Waals surface area contributed by atoms with Crippen molar-refractivity contribution in [3.05, 3.63) is 34.5 Å². The number of amides is 2. The van der Waals surface area contributed by atoms with Crippen LogP contribution in [-0.2, 0) is 4.79 Å². The van der Waals surface area contributed by atoms with E-state index in [-0.39, 0.29) is 17.9 Å². The van der Waals surface area contributed by atoms with Crippen LogP contribution in [0.3, 0.4) is 0 Å². The molecular formula is C22H27ClN2O3. The van der Waals surface area contributed by atoms with E-state index in [0.717, 1.165) is 36.6 Å². The Morgan fingerprint density at radius 1 is 1.11 bits per heavy atom. The average molecular weight is 403 g/mol. The maximum Gasteiger partial charge on any atom is 0.287 e. The number of carbonyl (C=O) groups excluding carboxylic acids is 2. The molecule has 0 unspecified atom stereocenters. The number of hydrogen-bond acceptors (Lipinski definition) is 3. The minimum Gasteiger partial charge on any atom is -0.449 e. The average Bonchev–Trinajstić information content (AvgIpc) is 3.07. The van der Waals surface area contributed by atoms with E-state index in [1.807, 2.05) is 24.0 Å². The zero-order valence-corrected chi connectivity index (χ0v) is 17.1. The zero-order valence-electron chi connectivity index (χ0n) is 16.3. The van der Waals surface area contributed by atoms with Crippen molar-refractivity contribution in [1.82, 2.24) is 10.2 Å². The molecule has 1 aliphatic carbocycles. The number of likely N-dealkylation sites (tertiary alicyclic amines) is 1. The molecule has 0 radical (unpaired) electrons. The summed E-state index contributed by atoms with van der Waals surface area (Å²) in [4.78, 5) is 27.4. The zero-order chi connectivity index (χ0) is 19.7. The lowest BCUT2D eigenvalue weighted by Crippen LogP contribution is -2.48. The number of halogens is 1. The van der Waals surface area contributed by atoms with E-state index < -0.39 is 0 Å². The fraction of sp³-hybridized carbons (Fsp3) is 0.545. The van der Waals surface area contributed by atoms with E-state index in [1.54, 1.807) is 6.07 Å². The van der Waals surface area contributed by atoms with E-state index in [0.29, 0.717) is 35.4 Å². The molecule has 1 aromatic carbocycles. The van der Waals surface area contributed by atoms with Crippen molar-refractivity contribution < 1.29 is 14.0 Å². The van der Waals surface area contributed by atoms with Crippen molar-refractivity contribution in [2.75, 3.05) is 13.1 Å². The van der Waals surface area contributed by atoms with Gasteiger partial charge in [0.1, 0.15) is 0 Å². The number of carbonyl (C=O) groups is 2. The largest absolute Gasteiger partial charge is 0.449 e. The Bertz CT molecular complexity index is 877. The molecule has 2 heterocycles. The van der Waals surface area contributed by atoms with Crippen LogP contribution in [0.15, 0.2) is 22.6 Å². The highest BCUT2D eigenvalue weighted by molar-refractivity contribution is 6.35. The molecule has 2 fully saturated rings. The van der Waals surface area contributed by atoms with E-state index in [9.17, 15) is 9.59 Å². The Kier molecular flexibility index (Phi) is 5.63. The Morgan fingerprint density at radius 2 is 1.82 bits per heavy atom. The fourth-order valence-electron chi connectivity index (χ4n) is 4.53. The van der Waals surface area contributed by atoms with E-state index in [2.05, 4.69) is 5.32 Å². The molecule has 1 N–H and O–H groups in total. The molecular weight excluding hydrogens is 376 g/mol. The van der Waals surface area contributed by atoms with Crippen molar-refractivity contribution in [1.29, 1.82) is 0 Å². The van der Waals surface area contributed by atoms with Crippen LogP contribution in [0.2, 0.25) is 5.02 Å². The molecule has 150 valence electrons. The molecule has 1 saturated heterocycles. The van der Waals surface area contributed by atoms with Crippen molar-refractivity contribution in [3.63, 3.8) is 0 Å². The predicted molar refractivity (Wildman–Crippen MR) is 110 cm³/mol. The van der Waals surface area contributed by atoms with Crippen LogP contribution in [0.25, 0.3) is 11.0 Å². The monoisotopic (exact) mass is 402 g/mol. The molecule has 2 amide bonds. The second kappa shape index (κ2) is 8.16. The molecule has 6 heteroatoms. The molecule has 0 atom stereocenters. The third kappa shape index (κ3) is 3.77. The first-order chi connectivity index (χ1) is 13.5. The lowest BCUT2D eigenvalue weighted by Gasteiger charge is -2.35. The second-order valence-electron chi connectivity index (χ2n) is 8.08. The van der Waals surface area contributed by atoms with Crippen molar-refractivity contribution in [3.8, 4) is 0 Å². The van der Waals surface area contributed by atoms with Gasteiger partial charge in [-0.05, 0) is 38.7 Å². The number of rotatable bonds is 3. The highest BCUT2D eigenvalue weighted by Crippen LogP contribution is 2.31. The number of furan rings is 1. The van der Waals surface area contributed by atoms with Crippen molar-refractivity contribution >= 4 is 34.4 Å². The van der Waals surface area contributed by atoms with Crippen LogP contribution in [0.5, 0.6) is 0 Å². The summed E-state index contributed by atoms with van der Waals surface area (Å²) in [5.74, 6) is 0.640. The lowest BCUT2D eigenvalue weighted by molar-refractivity contribution is -0.137. The number of hydrogen-bond donors (Lipinski definition) is 1. The summed E-state index contributed by atoms with van der Waals surface area (Å²) >= 11 is 6.19. The molecule has 1 aliphatic heterocycles. The predicted octanol–water partition coefficient (Wildman–Crippen LogP) is 4.70. The molecule has 2 aliphatic rings. The summed E-state index contributed by atoms with van der Waals surface area (Å²) in [6.07, 6.45) is 7.22. The molecule has 2 aromatic rings. The number of aryl methyl sites for hydroxylation is 1. The Hall–Kier alpha value is -2.01. The van der Waals surface area contributed by atoms with Crippen LogP contribution < -0.4 is 5.32 Å². The highest BCUT2D eigenvalue weighted by atomic mass is 35.5. The van der Waals surface area contributed by atoms with Crippen LogP contribution in [0, 0.1) is 12.8 Å². The first-order valence-corrected chi connectivity index (χ1v) is 10.7. The summed E-state index contributed by atoms with van der Waals surface area (Å²) in [5, 5.41) is 4.46. The Balaban J connectivity index is 1.36. The first kappa shape index (κ1) is 19.3. The third-order valence-corrected chi connectivity index (χ3v) is 6.52. The lowest BCUT2D eigenvalue weighted by atomic mass is 9.87. The summed E-state index contributed by atoms with van der Waals surface area (Å²) in [6.45, 7) is 3.30. The number of piperidine rings is 1. The van der Waals surface area contributed by atoms with Gasteiger partial charge in [-0.2, -0.15) is 0 Å². The minimum absolute atomic E-state index is 0.0611. The second-order valence-corrected chi connectivity index (χ2v) is 8.49. The summed E-state index contributed by atoms with van der Waals surface area (Å²) < 4.78 is 5.76.